The molecule has 2 aromatic carbocycles. The van der Waals surface area contributed by atoms with E-state index in [-0.39, 0.29) is 11.4 Å². The Morgan fingerprint density at radius 2 is 1.68 bits per heavy atom. The SMILES string of the molecule is CCOC(=O)C=Cc1ccc(-c2ccc(O)c(C34CC5CC(CC(C5)C3)C4)c2)cc1Cl. The summed E-state index contributed by atoms with van der Waals surface area (Å²) in [6.45, 7) is 2.13. The van der Waals surface area contributed by atoms with Gasteiger partial charge in [0.25, 0.3) is 0 Å². The fourth-order valence-electron chi connectivity index (χ4n) is 6.77. The molecule has 4 aliphatic carbocycles. The summed E-state index contributed by atoms with van der Waals surface area (Å²) in [6, 6.07) is 11.9. The van der Waals surface area contributed by atoms with Gasteiger partial charge in [-0.05, 0) is 110 Å². The minimum Gasteiger partial charge on any atom is -0.508 e. The van der Waals surface area contributed by atoms with Gasteiger partial charge >= 0.3 is 5.97 Å². The second-order valence-electron chi connectivity index (χ2n) is 9.75. The van der Waals surface area contributed by atoms with Gasteiger partial charge in [0.2, 0.25) is 0 Å². The number of ether oxygens (including phenoxy) is 1. The lowest BCUT2D eigenvalue weighted by Gasteiger charge is -2.57. The van der Waals surface area contributed by atoms with Crippen LogP contribution in [0.25, 0.3) is 17.2 Å². The molecule has 0 unspecified atom stereocenters. The summed E-state index contributed by atoms with van der Waals surface area (Å²) in [7, 11) is 0. The van der Waals surface area contributed by atoms with Crippen LogP contribution in [0.3, 0.4) is 0 Å². The van der Waals surface area contributed by atoms with Gasteiger partial charge < -0.3 is 9.84 Å². The number of carbonyl (C=O) groups excluding carboxylic acids is 1. The van der Waals surface area contributed by atoms with Gasteiger partial charge in [0.1, 0.15) is 5.75 Å². The number of aromatic hydroxyl groups is 1. The predicted octanol–water partition coefficient (Wildman–Crippen LogP) is 6.76. The first-order valence-electron chi connectivity index (χ1n) is 11.4. The van der Waals surface area contributed by atoms with Crippen LogP contribution in [0.5, 0.6) is 5.75 Å². The second kappa shape index (κ2) is 8.02. The summed E-state index contributed by atoms with van der Waals surface area (Å²) < 4.78 is 4.93. The normalized spacial score (nSPS) is 28.9. The van der Waals surface area contributed by atoms with Crippen molar-refractivity contribution in [2.24, 2.45) is 17.8 Å². The molecule has 4 heteroatoms. The highest BCUT2D eigenvalue weighted by Gasteiger charge is 2.52. The maximum absolute atomic E-state index is 11.6. The smallest absolute Gasteiger partial charge is 0.330 e. The van der Waals surface area contributed by atoms with Crippen molar-refractivity contribution in [3.63, 3.8) is 0 Å². The third-order valence-electron chi connectivity index (χ3n) is 7.63. The van der Waals surface area contributed by atoms with Gasteiger partial charge in [0.15, 0.2) is 0 Å². The lowest BCUT2D eigenvalue weighted by Crippen LogP contribution is -2.48. The molecule has 0 radical (unpaired) electrons. The average molecular weight is 437 g/mol. The van der Waals surface area contributed by atoms with E-state index >= 15 is 0 Å². The van der Waals surface area contributed by atoms with Crippen LogP contribution in [0.2, 0.25) is 5.02 Å². The van der Waals surface area contributed by atoms with Gasteiger partial charge in [-0.3, -0.25) is 0 Å². The molecule has 6 rings (SSSR count). The van der Waals surface area contributed by atoms with Crippen LogP contribution in [0.1, 0.15) is 56.6 Å². The molecule has 0 aliphatic heterocycles. The fraction of sp³-hybridized carbons (Fsp3) is 0.444. The maximum atomic E-state index is 11.6. The quantitative estimate of drug-likeness (QED) is 0.416. The average Bonchev–Trinajstić information content (AvgIpc) is 2.72. The highest BCUT2D eigenvalue weighted by atomic mass is 35.5. The summed E-state index contributed by atoms with van der Waals surface area (Å²) in [5.41, 5.74) is 4.14. The van der Waals surface area contributed by atoms with E-state index in [1.165, 1.54) is 44.6 Å². The van der Waals surface area contributed by atoms with Gasteiger partial charge in [0, 0.05) is 16.7 Å². The lowest BCUT2D eigenvalue weighted by molar-refractivity contribution is -0.137. The van der Waals surface area contributed by atoms with Crippen LogP contribution in [0.15, 0.2) is 42.5 Å². The van der Waals surface area contributed by atoms with E-state index in [9.17, 15) is 9.90 Å². The first-order chi connectivity index (χ1) is 15.0. The number of hydrogen-bond donors (Lipinski definition) is 1. The zero-order valence-corrected chi connectivity index (χ0v) is 18.7. The zero-order valence-electron chi connectivity index (χ0n) is 17.9. The molecule has 2 aromatic rings. The largest absolute Gasteiger partial charge is 0.508 e. The van der Waals surface area contributed by atoms with Gasteiger partial charge in [-0.2, -0.15) is 0 Å². The summed E-state index contributed by atoms with van der Waals surface area (Å²) in [5.74, 6) is 2.55. The van der Waals surface area contributed by atoms with Crippen molar-refractivity contribution in [1.29, 1.82) is 0 Å². The van der Waals surface area contributed by atoms with Crippen LogP contribution in [-0.4, -0.2) is 17.7 Å². The topological polar surface area (TPSA) is 46.5 Å². The second-order valence-corrected chi connectivity index (χ2v) is 10.2. The molecule has 0 spiro atoms. The van der Waals surface area contributed by atoms with Crippen molar-refractivity contribution in [3.05, 3.63) is 58.6 Å². The Kier molecular flexibility index (Phi) is 5.34. The van der Waals surface area contributed by atoms with E-state index < -0.39 is 0 Å². The fourth-order valence-corrected chi connectivity index (χ4v) is 7.01. The van der Waals surface area contributed by atoms with Crippen LogP contribution in [0, 0.1) is 17.8 Å². The van der Waals surface area contributed by atoms with Crippen molar-refractivity contribution >= 4 is 23.6 Å². The monoisotopic (exact) mass is 436 g/mol. The van der Waals surface area contributed by atoms with E-state index in [0.717, 1.165) is 40.0 Å². The van der Waals surface area contributed by atoms with E-state index in [0.29, 0.717) is 17.4 Å². The van der Waals surface area contributed by atoms with Crippen LogP contribution in [-0.2, 0) is 14.9 Å². The van der Waals surface area contributed by atoms with Crippen molar-refractivity contribution in [2.45, 2.75) is 50.9 Å². The minimum absolute atomic E-state index is 0.140. The molecule has 31 heavy (non-hydrogen) atoms. The number of esters is 1. The lowest BCUT2D eigenvalue weighted by atomic mass is 9.48. The summed E-state index contributed by atoms with van der Waals surface area (Å²) in [6.07, 6.45) is 10.9. The third kappa shape index (κ3) is 3.89. The standard InChI is InChI=1S/C27H29ClO3/c1-2-31-26(30)8-6-20-3-4-22(13-24(20)28)21-5-7-25(29)23(12-21)27-14-17-9-18(15-27)11-19(10-17)16-27/h3-8,12-13,17-19,29H,2,9-11,14-16H2,1H3. The van der Waals surface area contributed by atoms with Gasteiger partial charge in [-0.15, -0.1) is 0 Å². The molecule has 4 saturated carbocycles. The van der Waals surface area contributed by atoms with Gasteiger partial charge in [0.05, 0.1) is 6.61 Å². The van der Waals surface area contributed by atoms with Crippen molar-refractivity contribution in [2.75, 3.05) is 6.61 Å². The predicted molar refractivity (Wildman–Crippen MR) is 124 cm³/mol. The highest BCUT2D eigenvalue weighted by molar-refractivity contribution is 6.32. The third-order valence-corrected chi connectivity index (χ3v) is 7.95. The Morgan fingerprint density at radius 3 is 2.29 bits per heavy atom. The van der Waals surface area contributed by atoms with Gasteiger partial charge in [-0.25, -0.2) is 4.79 Å². The van der Waals surface area contributed by atoms with E-state index in [2.05, 4.69) is 6.07 Å². The molecule has 4 bridgehead atoms. The number of halogens is 1. The first-order valence-corrected chi connectivity index (χ1v) is 11.8. The van der Waals surface area contributed by atoms with Crippen molar-refractivity contribution in [1.82, 2.24) is 0 Å². The van der Waals surface area contributed by atoms with Gasteiger partial charge in [-0.1, -0.05) is 29.8 Å². The minimum atomic E-state index is -0.374. The van der Waals surface area contributed by atoms with Crippen LogP contribution >= 0.6 is 11.6 Å². The molecule has 0 amide bonds. The molecule has 1 N–H and O–H groups in total. The molecule has 4 fully saturated rings. The number of rotatable bonds is 5. The van der Waals surface area contributed by atoms with Crippen LogP contribution < -0.4 is 0 Å². The molecule has 0 heterocycles. The Morgan fingerprint density at radius 1 is 1.06 bits per heavy atom. The van der Waals surface area contributed by atoms with Crippen molar-refractivity contribution in [3.8, 4) is 16.9 Å². The van der Waals surface area contributed by atoms with E-state index in [1.54, 1.807) is 13.0 Å². The Hall–Kier alpha value is -2.26. The summed E-state index contributed by atoms with van der Waals surface area (Å²) >= 11 is 6.51. The Labute approximate surface area is 189 Å². The molecular formula is C27H29ClO3. The number of carbonyl (C=O) groups is 1. The summed E-state index contributed by atoms with van der Waals surface area (Å²) in [4.78, 5) is 11.6. The Balaban J connectivity index is 1.45. The highest BCUT2D eigenvalue weighted by Crippen LogP contribution is 2.62. The van der Waals surface area contributed by atoms with E-state index in [1.807, 2.05) is 30.3 Å². The zero-order chi connectivity index (χ0) is 21.6. The van der Waals surface area contributed by atoms with Crippen molar-refractivity contribution < 1.29 is 14.6 Å². The molecule has 0 aromatic heterocycles. The van der Waals surface area contributed by atoms with Crippen LogP contribution in [0.4, 0.5) is 0 Å². The number of benzene rings is 2. The molecular weight excluding hydrogens is 408 g/mol. The first kappa shape index (κ1) is 20.6. The maximum Gasteiger partial charge on any atom is 0.330 e. The summed E-state index contributed by atoms with van der Waals surface area (Å²) in [5, 5.41) is 11.4. The molecule has 0 atom stereocenters. The Bertz CT molecular complexity index is 1000. The molecule has 4 aliphatic rings. The molecule has 162 valence electrons. The number of hydrogen-bond acceptors (Lipinski definition) is 3. The number of phenolic OH excluding ortho intramolecular Hbond substituents is 1. The molecule has 3 nitrogen and oxygen atoms in total. The van der Waals surface area contributed by atoms with E-state index in [4.69, 9.17) is 16.3 Å². The number of phenols is 1. The molecule has 0 saturated heterocycles.